The summed E-state index contributed by atoms with van der Waals surface area (Å²) in [4.78, 5) is 14.4. The van der Waals surface area contributed by atoms with Crippen molar-refractivity contribution in [2.45, 2.75) is 0 Å². The highest BCUT2D eigenvalue weighted by Crippen LogP contribution is 2.20. The average molecular weight is 197 g/mol. The molecule has 3 N–H and O–H groups in total. The van der Waals surface area contributed by atoms with Gasteiger partial charge in [0.1, 0.15) is 0 Å². The number of carbonyl (C=O) groups is 1. The number of carboxylic acids is 1. The van der Waals surface area contributed by atoms with Crippen LogP contribution < -0.4 is 0 Å². The molecule has 0 saturated heterocycles. The van der Waals surface area contributed by atoms with E-state index in [1.165, 1.54) is 11.3 Å². The predicted molar refractivity (Wildman–Crippen MR) is 50.2 cm³/mol. The molecule has 0 fully saturated rings. The summed E-state index contributed by atoms with van der Waals surface area (Å²) >= 11 is 1.19. The van der Waals surface area contributed by atoms with Gasteiger partial charge in [0.25, 0.3) is 0 Å². The van der Waals surface area contributed by atoms with Crippen LogP contribution in [0.25, 0.3) is 10.2 Å². The Hall–Kier alpha value is -1.46. The highest BCUT2D eigenvalue weighted by molar-refractivity contribution is 7.20. The van der Waals surface area contributed by atoms with E-state index in [0.717, 1.165) is 10.2 Å². The fourth-order valence-corrected chi connectivity index (χ4v) is 1.77. The summed E-state index contributed by atoms with van der Waals surface area (Å²) in [7, 11) is 0. The molecule has 13 heavy (non-hydrogen) atoms. The number of hydrogen-bond acceptors (Lipinski definition) is 3. The summed E-state index contributed by atoms with van der Waals surface area (Å²) < 4.78 is 0.912. The van der Waals surface area contributed by atoms with E-state index < -0.39 is 5.97 Å². The minimum absolute atomic E-state index is 0. The maximum absolute atomic E-state index is 10.5. The number of aromatic nitrogens is 1. The highest BCUT2D eigenvalue weighted by atomic mass is 32.1. The SMILES string of the molecule is O.O=C(O)c1nc2ccccc2s1. The lowest BCUT2D eigenvalue weighted by Gasteiger charge is -1.80. The monoisotopic (exact) mass is 197 g/mol. The first-order valence-electron chi connectivity index (χ1n) is 3.36. The standard InChI is InChI=1S/C8H5NO2S.H2O/c10-8(11)7-9-5-3-1-2-4-6(5)12-7;/h1-4H,(H,10,11);1H2. The Balaban J connectivity index is 0.000000845. The summed E-state index contributed by atoms with van der Waals surface area (Å²) in [6, 6.07) is 7.37. The van der Waals surface area contributed by atoms with Crippen molar-refractivity contribution < 1.29 is 15.4 Å². The molecule has 0 aliphatic heterocycles. The fraction of sp³-hybridized carbons (Fsp3) is 0. The Morgan fingerprint density at radius 3 is 2.69 bits per heavy atom. The van der Waals surface area contributed by atoms with E-state index in [0.29, 0.717) is 0 Å². The van der Waals surface area contributed by atoms with Gasteiger partial charge in [0.05, 0.1) is 10.2 Å². The van der Waals surface area contributed by atoms with Gasteiger partial charge in [-0.15, -0.1) is 11.3 Å². The Morgan fingerprint density at radius 2 is 2.08 bits per heavy atom. The molecule has 0 aliphatic rings. The summed E-state index contributed by atoms with van der Waals surface area (Å²) in [5.41, 5.74) is 0.750. The Morgan fingerprint density at radius 1 is 1.38 bits per heavy atom. The van der Waals surface area contributed by atoms with Gasteiger partial charge < -0.3 is 10.6 Å². The van der Waals surface area contributed by atoms with E-state index in [-0.39, 0.29) is 10.5 Å². The van der Waals surface area contributed by atoms with Gasteiger partial charge in [0.15, 0.2) is 0 Å². The van der Waals surface area contributed by atoms with Crippen LogP contribution in [-0.2, 0) is 0 Å². The van der Waals surface area contributed by atoms with E-state index in [1.807, 2.05) is 18.2 Å². The molecule has 0 bridgehead atoms. The van der Waals surface area contributed by atoms with Crippen molar-refractivity contribution in [2.24, 2.45) is 0 Å². The normalized spacial score (nSPS) is 9.54. The minimum Gasteiger partial charge on any atom is -0.476 e. The molecular formula is C8H7NO3S. The molecule has 0 amide bonds. The van der Waals surface area contributed by atoms with Crippen molar-refractivity contribution in [3.05, 3.63) is 29.3 Å². The Labute approximate surface area is 77.8 Å². The van der Waals surface area contributed by atoms with E-state index in [9.17, 15) is 4.79 Å². The molecular weight excluding hydrogens is 190 g/mol. The Bertz CT molecular complexity index is 405. The second-order valence-corrected chi connectivity index (χ2v) is 3.32. The third-order valence-electron chi connectivity index (χ3n) is 1.48. The van der Waals surface area contributed by atoms with E-state index in [4.69, 9.17) is 5.11 Å². The zero-order chi connectivity index (χ0) is 8.55. The van der Waals surface area contributed by atoms with Gasteiger partial charge in [-0.05, 0) is 12.1 Å². The average Bonchev–Trinajstić information content (AvgIpc) is 2.46. The number of rotatable bonds is 1. The van der Waals surface area contributed by atoms with Gasteiger partial charge in [-0.3, -0.25) is 0 Å². The number of hydrogen-bond donors (Lipinski definition) is 1. The van der Waals surface area contributed by atoms with Crippen LogP contribution in [0.15, 0.2) is 24.3 Å². The van der Waals surface area contributed by atoms with Crippen LogP contribution in [0.3, 0.4) is 0 Å². The first-order valence-corrected chi connectivity index (χ1v) is 4.18. The van der Waals surface area contributed by atoms with Crippen LogP contribution in [0.4, 0.5) is 0 Å². The van der Waals surface area contributed by atoms with Gasteiger partial charge in [0, 0.05) is 0 Å². The van der Waals surface area contributed by atoms with Gasteiger partial charge in [-0.25, -0.2) is 9.78 Å². The lowest BCUT2D eigenvalue weighted by molar-refractivity contribution is 0.0696. The second kappa shape index (κ2) is 3.51. The van der Waals surface area contributed by atoms with Crippen LogP contribution >= 0.6 is 11.3 Å². The number of carboxylic acid groups (broad SMARTS) is 1. The molecule has 0 aliphatic carbocycles. The van der Waals surface area contributed by atoms with Gasteiger partial charge in [-0.2, -0.15) is 0 Å². The molecule has 5 heteroatoms. The van der Waals surface area contributed by atoms with E-state index >= 15 is 0 Å². The summed E-state index contributed by atoms with van der Waals surface area (Å²) in [6.07, 6.45) is 0. The minimum atomic E-state index is -0.962. The van der Waals surface area contributed by atoms with Crippen LogP contribution in [0.1, 0.15) is 9.80 Å². The maximum Gasteiger partial charge on any atom is 0.365 e. The summed E-state index contributed by atoms with van der Waals surface area (Å²) in [6.45, 7) is 0. The van der Waals surface area contributed by atoms with Crippen LogP contribution in [0.5, 0.6) is 0 Å². The van der Waals surface area contributed by atoms with Crippen LogP contribution in [0.2, 0.25) is 0 Å². The first-order chi connectivity index (χ1) is 5.77. The lowest BCUT2D eigenvalue weighted by Crippen LogP contribution is -1.93. The number of para-hydroxylation sites is 1. The number of benzene rings is 1. The van der Waals surface area contributed by atoms with Crippen molar-refractivity contribution >= 4 is 27.5 Å². The van der Waals surface area contributed by atoms with Crippen molar-refractivity contribution in [3.63, 3.8) is 0 Å². The molecule has 0 atom stereocenters. The molecule has 68 valence electrons. The summed E-state index contributed by atoms with van der Waals surface area (Å²) in [5.74, 6) is -0.962. The third-order valence-corrected chi connectivity index (χ3v) is 2.50. The number of aromatic carboxylic acids is 1. The lowest BCUT2D eigenvalue weighted by atomic mass is 10.3. The zero-order valence-electron chi connectivity index (χ0n) is 6.52. The summed E-state index contributed by atoms with van der Waals surface area (Å²) in [5, 5.41) is 8.78. The van der Waals surface area contributed by atoms with Gasteiger partial charge >= 0.3 is 5.97 Å². The smallest absolute Gasteiger partial charge is 0.365 e. The van der Waals surface area contributed by atoms with Crippen LogP contribution in [-0.4, -0.2) is 21.5 Å². The second-order valence-electron chi connectivity index (χ2n) is 2.29. The molecule has 1 heterocycles. The van der Waals surface area contributed by atoms with Crippen molar-refractivity contribution in [3.8, 4) is 0 Å². The maximum atomic E-state index is 10.5. The molecule has 2 rings (SSSR count). The fourth-order valence-electron chi connectivity index (χ4n) is 0.964. The van der Waals surface area contributed by atoms with E-state index in [2.05, 4.69) is 4.98 Å². The number of fused-ring (bicyclic) bond motifs is 1. The third kappa shape index (κ3) is 1.66. The van der Waals surface area contributed by atoms with Crippen molar-refractivity contribution in [2.75, 3.05) is 0 Å². The van der Waals surface area contributed by atoms with Gasteiger partial charge in [0.2, 0.25) is 5.01 Å². The molecule has 0 saturated carbocycles. The highest BCUT2D eigenvalue weighted by Gasteiger charge is 2.08. The van der Waals surface area contributed by atoms with Crippen LogP contribution in [0, 0.1) is 0 Å². The van der Waals surface area contributed by atoms with Crippen molar-refractivity contribution in [1.29, 1.82) is 0 Å². The molecule has 1 aromatic carbocycles. The predicted octanol–water partition coefficient (Wildman–Crippen LogP) is 1.17. The topological polar surface area (TPSA) is 81.7 Å². The molecule has 1 aromatic heterocycles. The molecule has 0 unspecified atom stereocenters. The van der Waals surface area contributed by atoms with Gasteiger partial charge in [-0.1, -0.05) is 12.1 Å². The first kappa shape index (κ1) is 9.63. The Kier molecular flexibility index (Phi) is 2.60. The molecule has 4 nitrogen and oxygen atoms in total. The number of nitrogens with zero attached hydrogens (tertiary/aromatic N) is 1. The zero-order valence-corrected chi connectivity index (χ0v) is 7.34. The molecule has 0 radical (unpaired) electrons. The van der Waals surface area contributed by atoms with E-state index in [1.54, 1.807) is 6.07 Å². The quantitative estimate of drug-likeness (QED) is 0.744. The molecule has 0 spiro atoms. The largest absolute Gasteiger partial charge is 0.476 e. The molecule has 2 aromatic rings. The van der Waals surface area contributed by atoms with Crippen molar-refractivity contribution in [1.82, 2.24) is 4.98 Å². The number of thiazole rings is 1.